The van der Waals surface area contributed by atoms with E-state index in [0.29, 0.717) is 22.8 Å². The Morgan fingerprint density at radius 2 is 2.05 bits per heavy atom. The highest BCUT2D eigenvalue weighted by Gasteiger charge is 2.11. The zero-order chi connectivity index (χ0) is 14.8. The predicted molar refractivity (Wildman–Crippen MR) is 77.0 cm³/mol. The summed E-state index contributed by atoms with van der Waals surface area (Å²) in [4.78, 5) is 11.4. The van der Waals surface area contributed by atoms with Crippen LogP contribution >= 0.6 is 0 Å². The number of rotatable bonds is 3. The van der Waals surface area contributed by atoms with Gasteiger partial charge in [0, 0.05) is 6.07 Å². The number of carbonyl (C=O) groups is 1. The molecule has 0 unspecified atom stereocenters. The molecule has 2 aromatic heterocycles. The molecule has 6 nitrogen and oxygen atoms in total. The summed E-state index contributed by atoms with van der Waals surface area (Å²) in [5.41, 5.74) is 7.84. The van der Waals surface area contributed by atoms with Crippen molar-refractivity contribution in [3.63, 3.8) is 0 Å². The van der Waals surface area contributed by atoms with E-state index in [-0.39, 0.29) is 5.97 Å². The molecule has 6 heteroatoms. The van der Waals surface area contributed by atoms with Gasteiger partial charge in [0.25, 0.3) is 0 Å². The fraction of sp³-hybridized carbons (Fsp3) is 0.0667. The first-order valence-corrected chi connectivity index (χ1v) is 6.27. The first-order valence-electron chi connectivity index (χ1n) is 6.27. The fourth-order valence-corrected chi connectivity index (χ4v) is 2.00. The van der Waals surface area contributed by atoms with Gasteiger partial charge in [-0.2, -0.15) is 5.10 Å². The maximum Gasteiger partial charge on any atom is 0.337 e. The van der Waals surface area contributed by atoms with Crippen LogP contribution in [0.3, 0.4) is 0 Å². The fourth-order valence-electron chi connectivity index (χ4n) is 2.00. The maximum absolute atomic E-state index is 11.4. The molecule has 106 valence electrons. The van der Waals surface area contributed by atoms with Crippen LogP contribution in [-0.2, 0) is 4.74 Å². The second kappa shape index (κ2) is 5.16. The van der Waals surface area contributed by atoms with Gasteiger partial charge in [0.2, 0.25) is 0 Å². The van der Waals surface area contributed by atoms with Crippen molar-refractivity contribution in [2.45, 2.75) is 0 Å². The summed E-state index contributed by atoms with van der Waals surface area (Å²) in [7, 11) is 1.34. The van der Waals surface area contributed by atoms with Gasteiger partial charge in [-0.25, -0.2) is 9.48 Å². The third-order valence-corrected chi connectivity index (χ3v) is 3.04. The average Bonchev–Trinajstić information content (AvgIpc) is 3.16. The Morgan fingerprint density at radius 3 is 2.67 bits per heavy atom. The molecular weight excluding hydrogens is 270 g/mol. The number of nitrogens with zero attached hydrogens (tertiary/aromatic N) is 2. The summed E-state index contributed by atoms with van der Waals surface area (Å²) in [5, 5.41) is 4.40. The van der Waals surface area contributed by atoms with Crippen molar-refractivity contribution in [1.29, 1.82) is 0 Å². The van der Waals surface area contributed by atoms with Crippen molar-refractivity contribution in [2.24, 2.45) is 0 Å². The van der Waals surface area contributed by atoms with Crippen LogP contribution in [0.25, 0.3) is 17.1 Å². The van der Waals surface area contributed by atoms with Crippen LogP contribution in [0.5, 0.6) is 0 Å². The summed E-state index contributed by atoms with van der Waals surface area (Å²) in [6.07, 6.45) is 1.58. The van der Waals surface area contributed by atoms with Crippen LogP contribution in [0.4, 0.5) is 5.82 Å². The number of hydrogen-bond donors (Lipinski definition) is 1. The molecule has 2 N–H and O–H groups in total. The topological polar surface area (TPSA) is 83.3 Å². The summed E-state index contributed by atoms with van der Waals surface area (Å²) in [6, 6.07) is 12.2. The van der Waals surface area contributed by atoms with E-state index in [4.69, 9.17) is 10.2 Å². The highest BCUT2D eigenvalue weighted by molar-refractivity contribution is 5.89. The van der Waals surface area contributed by atoms with Crippen LogP contribution in [-0.4, -0.2) is 22.9 Å². The number of esters is 1. The number of carbonyl (C=O) groups excluding carboxylic acids is 1. The zero-order valence-electron chi connectivity index (χ0n) is 11.3. The van der Waals surface area contributed by atoms with Gasteiger partial charge in [0.05, 0.1) is 24.6 Å². The summed E-state index contributed by atoms with van der Waals surface area (Å²) in [5.74, 6) is 0.741. The van der Waals surface area contributed by atoms with Gasteiger partial charge in [-0.1, -0.05) is 0 Å². The number of nitrogen functional groups attached to an aromatic ring is 1. The Labute approximate surface area is 120 Å². The summed E-state index contributed by atoms with van der Waals surface area (Å²) in [6.45, 7) is 0. The van der Waals surface area contributed by atoms with Crippen LogP contribution in [0, 0.1) is 0 Å². The van der Waals surface area contributed by atoms with Gasteiger partial charge in [-0.3, -0.25) is 0 Å². The second-order valence-corrected chi connectivity index (χ2v) is 4.38. The molecule has 3 aromatic rings. The molecule has 0 radical (unpaired) electrons. The average molecular weight is 283 g/mol. The van der Waals surface area contributed by atoms with Gasteiger partial charge in [-0.15, -0.1) is 0 Å². The quantitative estimate of drug-likeness (QED) is 0.747. The van der Waals surface area contributed by atoms with Crippen molar-refractivity contribution >= 4 is 11.8 Å². The number of anilines is 1. The Hall–Kier alpha value is -3.02. The molecule has 0 saturated heterocycles. The number of aromatic nitrogens is 2. The first kappa shape index (κ1) is 13.0. The SMILES string of the molecule is COC(=O)c1ccc(-n2nc(-c3ccco3)cc2N)cc1. The monoisotopic (exact) mass is 283 g/mol. The standard InChI is InChI=1S/C15H13N3O3/c1-20-15(19)10-4-6-11(7-5-10)18-14(16)9-12(17-18)13-3-2-8-21-13/h2-9H,16H2,1H3. The lowest BCUT2D eigenvalue weighted by molar-refractivity contribution is 0.0601. The largest absolute Gasteiger partial charge is 0.465 e. The van der Waals surface area contributed by atoms with Crippen molar-refractivity contribution in [2.75, 3.05) is 12.8 Å². The number of nitrogens with two attached hydrogens (primary N) is 1. The van der Waals surface area contributed by atoms with Crippen molar-refractivity contribution in [3.8, 4) is 17.1 Å². The number of ether oxygens (including phenoxy) is 1. The van der Waals surface area contributed by atoms with Crippen LogP contribution in [0.1, 0.15) is 10.4 Å². The van der Waals surface area contributed by atoms with Gasteiger partial charge in [-0.05, 0) is 36.4 Å². The molecule has 0 amide bonds. The summed E-state index contributed by atoms with van der Waals surface area (Å²) < 4.78 is 11.5. The van der Waals surface area contributed by atoms with Gasteiger partial charge >= 0.3 is 5.97 Å². The van der Waals surface area contributed by atoms with Gasteiger partial charge in [0.15, 0.2) is 5.76 Å². The molecule has 0 atom stereocenters. The minimum atomic E-state index is -0.383. The van der Waals surface area contributed by atoms with Crippen molar-refractivity contribution in [3.05, 3.63) is 54.3 Å². The lowest BCUT2D eigenvalue weighted by atomic mass is 10.2. The Kier molecular flexibility index (Phi) is 3.19. The zero-order valence-corrected chi connectivity index (χ0v) is 11.3. The van der Waals surface area contributed by atoms with Gasteiger partial charge in [0.1, 0.15) is 11.5 Å². The maximum atomic E-state index is 11.4. The van der Waals surface area contributed by atoms with Crippen molar-refractivity contribution in [1.82, 2.24) is 9.78 Å². The molecule has 0 spiro atoms. The lowest BCUT2D eigenvalue weighted by Gasteiger charge is -2.04. The number of benzene rings is 1. The van der Waals surface area contributed by atoms with Gasteiger partial charge < -0.3 is 14.9 Å². The Bertz CT molecular complexity index is 758. The van der Waals surface area contributed by atoms with E-state index in [0.717, 1.165) is 5.69 Å². The van der Waals surface area contributed by atoms with E-state index in [2.05, 4.69) is 9.84 Å². The van der Waals surface area contributed by atoms with E-state index in [1.807, 2.05) is 6.07 Å². The lowest BCUT2D eigenvalue weighted by Crippen LogP contribution is -2.04. The molecule has 0 fully saturated rings. The van der Waals surface area contributed by atoms with Crippen LogP contribution in [0.15, 0.2) is 53.1 Å². The van der Waals surface area contributed by atoms with E-state index in [1.54, 1.807) is 47.3 Å². The number of hydrogen-bond acceptors (Lipinski definition) is 5. The molecule has 21 heavy (non-hydrogen) atoms. The minimum Gasteiger partial charge on any atom is -0.465 e. The molecule has 3 rings (SSSR count). The minimum absolute atomic E-state index is 0.383. The normalized spacial score (nSPS) is 10.5. The smallest absolute Gasteiger partial charge is 0.337 e. The van der Waals surface area contributed by atoms with E-state index in [9.17, 15) is 4.79 Å². The molecule has 1 aromatic carbocycles. The molecule has 0 aliphatic heterocycles. The highest BCUT2D eigenvalue weighted by atomic mass is 16.5. The molecule has 0 aliphatic carbocycles. The Balaban J connectivity index is 1.95. The molecular formula is C15H13N3O3. The van der Waals surface area contributed by atoms with E-state index < -0.39 is 0 Å². The van der Waals surface area contributed by atoms with E-state index in [1.165, 1.54) is 7.11 Å². The van der Waals surface area contributed by atoms with Crippen LogP contribution < -0.4 is 5.73 Å². The number of methoxy groups -OCH3 is 1. The highest BCUT2D eigenvalue weighted by Crippen LogP contribution is 2.23. The first-order chi connectivity index (χ1) is 10.2. The third-order valence-electron chi connectivity index (χ3n) is 3.04. The predicted octanol–water partition coefficient (Wildman–Crippen LogP) is 2.50. The Morgan fingerprint density at radius 1 is 1.29 bits per heavy atom. The molecule has 0 saturated carbocycles. The molecule has 0 bridgehead atoms. The van der Waals surface area contributed by atoms with E-state index >= 15 is 0 Å². The number of furan rings is 1. The van der Waals surface area contributed by atoms with Crippen LogP contribution in [0.2, 0.25) is 0 Å². The second-order valence-electron chi connectivity index (χ2n) is 4.38. The van der Waals surface area contributed by atoms with Crippen molar-refractivity contribution < 1.29 is 13.9 Å². The molecule has 2 heterocycles. The summed E-state index contributed by atoms with van der Waals surface area (Å²) >= 11 is 0. The molecule has 0 aliphatic rings. The third kappa shape index (κ3) is 2.38.